The van der Waals surface area contributed by atoms with Crippen LogP contribution in [0.4, 0.5) is 0 Å². The molecule has 0 bridgehead atoms. The minimum absolute atomic E-state index is 0.582. The van der Waals surface area contributed by atoms with E-state index in [1.807, 2.05) is 18.2 Å². The number of rotatable bonds is 3. The number of nitriles is 1. The average molecular weight is 257 g/mol. The molecule has 0 amide bonds. The van der Waals surface area contributed by atoms with Gasteiger partial charge in [-0.15, -0.1) is 0 Å². The van der Waals surface area contributed by atoms with Crippen molar-refractivity contribution in [2.45, 2.75) is 58.0 Å². The van der Waals surface area contributed by atoms with Crippen LogP contribution in [0.25, 0.3) is 0 Å². The summed E-state index contributed by atoms with van der Waals surface area (Å²) in [5.41, 5.74) is 1.53. The van der Waals surface area contributed by atoms with Crippen LogP contribution in [0.2, 0.25) is 0 Å². The fourth-order valence-electron chi connectivity index (χ4n) is 3.23. The summed E-state index contributed by atoms with van der Waals surface area (Å²) >= 11 is 0. The Kier molecular flexibility index (Phi) is 4.61. The molecule has 1 fully saturated rings. The van der Waals surface area contributed by atoms with Gasteiger partial charge in [-0.1, -0.05) is 56.9 Å². The molecule has 0 aromatic heterocycles. The highest BCUT2D eigenvalue weighted by molar-refractivity contribution is 5.32. The number of hydrogen-bond acceptors (Lipinski definition) is 2. The van der Waals surface area contributed by atoms with E-state index in [1.165, 1.54) is 12.8 Å². The van der Waals surface area contributed by atoms with E-state index in [0.717, 1.165) is 43.2 Å². The van der Waals surface area contributed by atoms with Crippen molar-refractivity contribution in [2.24, 2.45) is 5.41 Å². The molecule has 102 valence electrons. The van der Waals surface area contributed by atoms with Crippen molar-refractivity contribution in [1.29, 1.82) is 5.26 Å². The molecule has 0 heterocycles. The van der Waals surface area contributed by atoms with Crippen LogP contribution in [0.1, 0.15) is 62.7 Å². The van der Waals surface area contributed by atoms with Gasteiger partial charge in [0.05, 0.1) is 17.6 Å². The molecule has 0 saturated heterocycles. The molecule has 1 N–H and O–H groups in total. The van der Waals surface area contributed by atoms with Gasteiger partial charge in [-0.2, -0.15) is 5.26 Å². The van der Waals surface area contributed by atoms with Crippen LogP contribution in [0.15, 0.2) is 24.3 Å². The van der Waals surface area contributed by atoms with Crippen LogP contribution in [0.3, 0.4) is 0 Å². The Morgan fingerprint density at radius 3 is 2.42 bits per heavy atom. The van der Waals surface area contributed by atoms with E-state index in [2.05, 4.69) is 19.1 Å². The molecule has 0 aliphatic heterocycles. The normalized spacial score (nSPS) is 20.3. The third-order valence-corrected chi connectivity index (χ3v) is 4.47. The molecule has 19 heavy (non-hydrogen) atoms. The van der Waals surface area contributed by atoms with Crippen molar-refractivity contribution in [2.75, 3.05) is 0 Å². The first-order chi connectivity index (χ1) is 9.23. The monoisotopic (exact) mass is 257 g/mol. The second-order valence-electron chi connectivity index (χ2n) is 5.64. The summed E-state index contributed by atoms with van der Waals surface area (Å²) in [6.45, 7) is 2.09. The predicted octanol–water partition coefficient (Wildman–Crippen LogP) is 4.15. The van der Waals surface area contributed by atoms with E-state index in [1.54, 1.807) is 0 Å². The zero-order chi connectivity index (χ0) is 13.7. The van der Waals surface area contributed by atoms with Crippen molar-refractivity contribution in [3.8, 4) is 6.07 Å². The minimum atomic E-state index is -0.647. The van der Waals surface area contributed by atoms with E-state index in [-0.39, 0.29) is 0 Å². The van der Waals surface area contributed by atoms with Crippen LogP contribution in [0, 0.1) is 16.7 Å². The molecule has 2 rings (SSSR count). The lowest BCUT2D eigenvalue weighted by Gasteiger charge is -2.32. The molecule has 2 nitrogen and oxygen atoms in total. The van der Waals surface area contributed by atoms with Gasteiger partial charge in [0.2, 0.25) is 0 Å². The first-order valence-corrected chi connectivity index (χ1v) is 7.40. The average Bonchev–Trinajstić information content (AvgIpc) is 2.72. The topological polar surface area (TPSA) is 44.0 Å². The van der Waals surface area contributed by atoms with Gasteiger partial charge >= 0.3 is 0 Å². The van der Waals surface area contributed by atoms with E-state index >= 15 is 0 Å². The van der Waals surface area contributed by atoms with Crippen LogP contribution < -0.4 is 0 Å². The van der Waals surface area contributed by atoms with Crippen molar-refractivity contribution < 1.29 is 5.11 Å². The van der Waals surface area contributed by atoms with Crippen molar-refractivity contribution in [1.82, 2.24) is 0 Å². The van der Waals surface area contributed by atoms with Gasteiger partial charge in [0.25, 0.3) is 0 Å². The zero-order valence-electron chi connectivity index (χ0n) is 11.7. The van der Waals surface area contributed by atoms with Gasteiger partial charge in [0, 0.05) is 0 Å². The zero-order valence-corrected chi connectivity index (χ0v) is 11.7. The summed E-state index contributed by atoms with van der Waals surface area (Å²) in [4.78, 5) is 0. The maximum absolute atomic E-state index is 10.8. The molecule has 1 aromatic carbocycles. The van der Waals surface area contributed by atoms with Crippen molar-refractivity contribution >= 4 is 0 Å². The highest BCUT2D eigenvalue weighted by atomic mass is 16.3. The molecule has 1 aliphatic rings. The molecule has 0 radical (unpaired) electrons. The van der Waals surface area contributed by atoms with Gasteiger partial charge < -0.3 is 5.11 Å². The number of hydrogen-bond donors (Lipinski definition) is 1. The fourth-order valence-corrected chi connectivity index (χ4v) is 3.23. The van der Waals surface area contributed by atoms with Gasteiger partial charge in [0.1, 0.15) is 0 Å². The quantitative estimate of drug-likeness (QED) is 0.827. The lowest BCUT2D eigenvalue weighted by atomic mass is 9.73. The minimum Gasteiger partial charge on any atom is -0.387 e. The molecule has 1 saturated carbocycles. The van der Waals surface area contributed by atoms with E-state index < -0.39 is 11.5 Å². The molecule has 1 unspecified atom stereocenters. The first-order valence-electron chi connectivity index (χ1n) is 7.40. The van der Waals surface area contributed by atoms with Gasteiger partial charge in [0.15, 0.2) is 0 Å². The number of aliphatic hydroxyl groups is 1. The maximum Gasteiger partial charge on any atom is 0.0978 e. The van der Waals surface area contributed by atoms with Crippen molar-refractivity contribution in [3.63, 3.8) is 0 Å². The summed E-state index contributed by atoms with van der Waals surface area (Å²) in [7, 11) is 0. The molecular formula is C17H23NO. The maximum atomic E-state index is 10.8. The number of aryl methyl sites for hydroxylation is 1. The fraction of sp³-hybridized carbons (Fsp3) is 0.588. The Morgan fingerprint density at radius 1 is 1.21 bits per heavy atom. The Labute approximate surface area is 116 Å². The molecule has 0 spiro atoms. The van der Waals surface area contributed by atoms with Crippen LogP contribution in [-0.4, -0.2) is 5.11 Å². The van der Waals surface area contributed by atoms with Crippen LogP contribution in [-0.2, 0) is 6.42 Å². The standard InChI is InChI=1S/C17H23NO/c1-2-14-9-5-6-10-15(14)16(19)17(13-18)11-7-3-4-8-12-17/h5-6,9-10,16,19H,2-4,7-8,11-12H2,1H3. The Hall–Kier alpha value is -1.33. The second kappa shape index (κ2) is 6.21. The van der Waals surface area contributed by atoms with Gasteiger partial charge in [-0.05, 0) is 30.4 Å². The van der Waals surface area contributed by atoms with E-state index in [9.17, 15) is 10.4 Å². The summed E-state index contributed by atoms with van der Waals surface area (Å²) in [5.74, 6) is 0. The summed E-state index contributed by atoms with van der Waals surface area (Å²) < 4.78 is 0. The largest absolute Gasteiger partial charge is 0.387 e. The lowest BCUT2D eigenvalue weighted by Crippen LogP contribution is -2.27. The predicted molar refractivity (Wildman–Crippen MR) is 76.5 cm³/mol. The number of aliphatic hydroxyl groups excluding tert-OH is 1. The Bertz CT molecular complexity index is 453. The molecule has 1 aromatic rings. The van der Waals surface area contributed by atoms with Gasteiger partial charge in [-0.25, -0.2) is 0 Å². The number of nitrogens with zero attached hydrogens (tertiary/aromatic N) is 1. The van der Waals surface area contributed by atoms with Crippen LogP contribution in [0.5, 0.6) is 0 Å². The highest BCUT2D eigenvalue weighted by Crippen LogP contribution is 2.45. The van der Waals surface area contributed by atoms with Crippen molar-refractivity contribution in [3.05, 3.63) is 35.4 Å². The second-order valence-corrected chi connectivity index (χ2v) is 5.64. The van der Waals surface area contributed by atoms with Gasteiger partial charge in [-0.3, -0.25) is 0 Å². The smallest absolute Gasteiger partial charge is 0.0978 e. The SMILES string of the molecule is CCc1ccccc1C(O)C1(C#N)CCCCCC1. The van der Waals surface area contributed by atoms with E-state index in [0.29, 0.717) is 0 Å². The highest BCUT2D eigenvalue weighted by Gasteiger charge is 2.39. The summed E-state index contributed by atoms with van der Waals surface area (Å²) in [6.07, 6.45) is 6.38. The molecule has 1 atom stereocenters. The third kappa shape index (κ3) is 2.82. The molecule has 2 heteroatoms. The molecular weight excluding hydrogens is 234 g/mol. The van der Waals surface area contributed by atoms with E-state index in [4.69, 9.17) is 0 Å². The Balaban J connectivity index is 2.34. The summed E-state index contributed by atoms with van der Waals surface area (Å²) in [5, 5.41) is 20.5. The summed E-state index contributed by atoms with van der Waals surface area (Å²) in [6, 6.07) is 10.5. The van der Waals surface area contributed by atoms with Crippen LogP contribution >= 0.6 is 0 Å². The Morgan fingerprint density at radius 2 is 1.84 bits per heavy atom. The first kappa shape index (κ1) is 14.1. The third-order valence-electron chi connectivity index (χ3n) is 4.47. The lowest BCUT2D eigenvalue weighted by molar-refractivity contribution is 0.0509. The molecule has 1 aliphatic carbocycles. The number of benzene rings is 1.